The normalized spacial score (nSPS) is 25.7. The third kappa shape index (κ3) is 4.31. The number of fused-ring (bicyclic) bond motifs is 1. The number of thiocarbonyl (C=S) groups is 1. The highest BCUT2D eigenvalue weighted by atomic mass is 32.2. The molecule has 5 rings (SSSR count). The number of pyridine rings is 1. The van der Waals surface area contributed by atoms with Crippen molar-refractivity contribution in [1.82, 2.24) is 14.3 Å². The van der Waals surface area contributed by atoms with Crippen LogP contribution in [0.3, 0.4) is 0 Å². The highest BCUT2D eigenvalue weighted by Crippen LogP contribution is 2.38. The van der Waals surface area contributed by atoms with Crippen LogP contribution in [0.4, 0.5) is 5.82 Å². The van der Waals surface area contributed by atoms with Gasteiger partial charge in [0.1, 0.15) is 15.8 Å². The molecule has 2 atom stereocenters. The molecule has 180 valence electrons. The first-order chi connectivity index (χ1) is 16.3. The van der Waals surface area contributed by atoms with Crippen molar-refractivity contribution in [2.24, 2.45) is 11.8 Å². The van der Waals surface area contributed by atoms with Gasteiger partial charge in [-0.1, -0.05) is 63.2 Å². The van der Waals surface area contributed by atoms with Gasteiger partial charge in [-0.05, 0) is 55.7 Å². The number of thioether (sulfide) groups is 1. The largest absolute Gasteiger partial charge is 0.355 e. The molecule has 2 aromatic rings. The van der Waals surface area contributed by atoms with Crippen LogP contribution in [0, 0.1) is 18.8 Å². The Hall–Kier alpha value is -2.19. The van der Waals surface area contributed by atoms with Crippen LogP contribution < -0.4 is 10.5 Å². The first kappa shape index (κ1) is 23.5. The van der Waals surface area contributed by atoms with Crippen molar-refractivity contribution in [3.8, 4) is 0 Å². The number of piperidine rings is 1. The van der Waals surface area contributed by atoms with E-state index in [9.17, 15) is 9.59 Å². The number of aromatic nitrogens is 2. The third-order valence-corrected chi connectivity index (χ3v) is 8.60. The Balaban J connectivity index is 1.62. The zero-order valence-corrected chi connectivity index (χ0v) is 21.8. The van der Waals surface area contributed by atoms with E-state index in [0.717, 1.165) is 50.8 Å². The second-order valence-corrected chi connectivity index (χ2v) is 11.9. The number of rotatable bonds is 3. The summed E-state index contributed by atoms with van der Waals surface area (Å²) in [5, 5.41) is 0. The van der Waals surface area contributed by atoms with Gasteiger partial charge in [-0.15, -0.1) is 0 Å². The van der Waals surface area contributed by atoms with Gasteiger partial charge in [-0.25, -0.2) is 4.98 Å². The zero-order valence-electron chi connectivity index (χ0n) is 20.1. The van der Waals surface area contributed by atoms with Crippen LogP contribution >= 0.6 is 24.0 Å². The summed E-state index contributed by atoms with van der Waals surface area (Å²) in [7, 11) is 0. The van der Waals surface area contributed by atoms with Gasteiger partial charge >= 0.3 is 0 Å². The molecular weight excluding hydrogens is 464 g/mol. The topological polar surface area (TPSA) is 57.9 Å². The van der Waals surface area contributed by atoms with Crippen molar-refractivity contribution in [3.63, 3.8) is 0 Å². The van der Waals surface area contributed by atoms with Crippen molar-refractivity contribution in [3.05, 3.63) is 44.7 Å². The molecular formula is C26H32N4O2S2. The minimum atomic E-state index is -0.141. The summed E-state index contributed by atoms with van der Waals surface area (Å²) in [5.74, 6) is 1.64. The summed E-state index contributed by atoms with van der Waals surface area (Å²) in [5.41, 5.74) is 1.96. The molecule has 34 heavy (non-hydrogen) atoms. The minimum absolute atomic E-state index is 0.0676. The van der Waals surface area contributed by atoms with E-state index in [1.807, 2.05) is 19.1 Å². The maximum atomic E-state index is 13.8. The molecule has 8 heteroatoms. The number of hydrogen-bond acceptors (Lipinski definition) is 6. The smallest absolute Gasteiger partial charge is 0.267 e. The predicted octanol–water partition coefficient (Wildman–Crippen LogP) is 5.02. The van der Waals surface area contributed by atoms with Gasteiger partial charge in [0.25, 0.3) is 11.5 Å². The lowest BCUT2D eigenvalue weighted by atomic mass is 9.91. The average Bonchev–Trinajstić information content (AvgIpc) is 3.08. The first-order valence-corrected chi connectivity index (χ1v) is 13.6. The van der Waals surface area contributed by atoms with E-state index in [4.69, 9.17) is 17.2 Å². The van der Waals surface area contributed by atoms with Crippen molar-refractivity contribution < 1.29 is 4.79 Å². The summed E-state index contributed by atoms with van der Waals surface area (Å²) in [6.45, 7) is 8.17. The third-order valence-electron chi connectivity index (χ3n) is 7.27. The summed E-state index contributed by atoms with van der Waals surface area (Å²) in [6, 6.07) is 4.01. The van der Waals surface area contributed by atoms with Crippen LogP contribution in [0.5, 0.6) is 0 Å². The number of carbonyl (C=O) groups is 1. The van der Waals surface area contributed by atoms with Crippen molar-refractivity contribution in [2.75, 3.05) is 18.0 Å². The van der Waals surface area contributed by atoms with Crippen molar-refractivity contribution >= 4 is 51.7 Å². The van der Waals surface area contributed by atoms with E-state index in [0.29, 0.717) is 38.1 Å². The van der Waals surface area contributed by atoms with Gasteiger partial charge in [0.05, 0.1) is 10.5 Å². The van der Waals surface area contributed by atoms with Crippen LogP contribution in [0.2, 0.25) is 0 Å². The number of carbonyl (C=O) groups excluding carboxylic acids is 1. The quantitative estimate of drug-likeness (QED) is 0.439. The Morgan fingerprint density at radius 1 is 1.12 bits per heavy atom. The number of hydrogen-bond donors (Lipinski definition) is 0. The molecule has 3 aliphatic rings. The van der Waals surface area contributed by atoms with E-state index in [2.05, 4.69) is 18.7 Å². The molecule has 0 bridgehead atoms. The number of nitrogens with zero attached hydrogens (tertiary/aromatic N) is 4. The Kier molecular flexibility index (Phi) is 6.55. The van der Waals surface area contributed by atoms with E-state index >= 15 is 0 Å². The maximum Gasteiger partial charge on any atom is 0.267 e. The molecule has 0 unspecified atom stereocenters. The second kappa shape index (κ2) is 9.46. The Morgan fingerprint density at radius 3 is 2.53 bits per heavy atom. The highest BCUT2D eigenvalue weighted by Gasteiger charge is 2.38. The Bertz CT molecular complexity index is 1220. The molecule has 0 spiro atoms. The van der Waals surface area contributed by atoms with Gasteiger partial charge < -0.3 is 4.90 Å². The molecule has 0 N–H and O–H groups in total. The summed E-state index contributed by atoms with van der Waals surface area (Å²) >= 11 is 6.94. The van der Waals surface area contributed by atoms with Crippen LogP contribution in [-0.4, -0.2) is 43.6 Å². The second-order valence-electron chi connectivity index (χ2n) is 10.2. The van der Waals surface area contributed by atoms with Crippen molar-refractivity contribution in [1.29, 1.82) is 0 Å². The van der Waals surface area contributed by atoms with Gasteiger partial charge in [0.2, 0.25) is 0 Å². The fourth-order valence-electron chi connectivity index (χ4n) is 5.77. The lowest BCUT2D eigenvalue weighted by Crippen LogP contribution is -2.41. The monoisotopic (exact) mass is 496 g/mol. The number of aryl methyl sites for hydroxylation is 1. The standard InChI is InChI=1S/C26H32N4O2S2/c1-16-12-17(2)15-28(14-16)23-20(24(31)29-11-7-8-18(3)22(29)27-23)13-21-25(32)30(26(33)34-21)19-9-5-4-6-10-19/h7-8,11,13,16-17,19H,4-6,9-10,12,14-15H2,1-3H3/b21-13+/t16-,17-/m0/s1. The van der Waals surface area contributed by atoms with E-state index in [1.54, 1.807) is 21.6 Å². The van der Waals surface area contributed by atoms with Gasteiger partial charge in [-0.3, -0.25) is 18.9 Å². The molecule has 1 saturated carbocycles. The molecule has 2 aromatic heterocycles. The van der Waals surface area contributed by atoms with Gasteiger partial charge in [0, 0.05) is 25.3 Å². The van der Waals surface area contributed by atoms with Crippen LogP contribution in [0.1, 0.15) is 63.5 Å². The summed E-state index contributed by atoms with van der Waals surface area (Å²) in [6.07, 6.45) is 10.1. The van der Waals surface area contributed by atoms with E-state index < -0.39 is 0 Å². The lowest BCUT2D eigenvalue weighted by Gasteiger charge is -2.36. The first-order valence-electron chi connectivity index (χ1n) is 12.4. The van der Waals surface area contributed by atoms with Gasteiger partial charge in [0.15, 0.2) is 0 Å². The molecule has 0 aromatic carbocycles. The molecule has 0 radical (unpaired) electrons. The summed E-state index contributed by atoms with van der Waals surface area (Å²) < 4.78 is 2.21. The minimum Gasteiger partial charge on any atom is -0.355 e. The summed E-state index contributed by atoms with van der Waals surface area (Å²) in [4.78, 5) is 36.8. The van der Waals surface area contributed by atoms with Crippen LogP contribution in [0.15, 0.2) is 28.0 Å². The molecule has 4 heterocycles. The van der Waals surface area contributed by atoms with Crippen molar-refractivity contribution in [2.45, 2.75) is 65.3 Å². The molecule has 2 saturated heterocycles. The van der Waals surface area contributed by atoms with Crippen LogP contribution in [-0.2, 0) is 4.79 Å². The average molecular weight is 497 g/mol. The number of amides is 1. The van der Waals surface area contributed by atoms with Gasteiger partial charge in [-0.2, -0.15) is 0 Å². The van der Waals surface area contributed by atoms with Crippen LogP contribution in [0.25, 0.3) is 11.7 Å². The number of anilines is 1. The molecule has 1 amide bonds. The molecule has 1 aliphatic carbocycles. The zero-order chi connectivity index (χ0) is 24.0. The molecule has 2 aliphatic heterocycles. The van der Waals surface area contributed by atoms with E-state index in [1.165, 1.54) is 18.2 Å². The lowest BCUT2D eigenvalue weighted by molar-refractivity contribution is -0.124. The van der Waals surface area contributed by atoms with E-state index in [-0.39, 0.29) is 17.5 Å². The Labute approximate surface area is 210 Å². The predicted molar refractivity (Wildman–Crippen MR) is 143 cm³/mol. The maximum absolute atomic E-state index is 13.8. The molecule has 3 fully saturated rings. The molecule has 6 nitrogen and oxygen atoms in total. The highest BCUT2D eigenvalue weighted by molar-refractivity contribution is 8.26. The fourth-order valence-corrected chi connectivity index (χ4v) is 7.15. The fraction of sp³-hybridized carbons (Fsp3) is 0.538. The Morgan fingerprint density at radius 2 is 1.82 bits per heavy atom. The SMILES string of the molecule is Cc1cccn2c(=O)c(/C=C3/SC(=S)N(C4CCCCC4)C3=O)c(N3C[C@@H](C)C[C@H](C)C3)nc12.